The summed E-state index contributed by atoms with van der Waals surface area (Å²) in [4.78, 5) is 0. The van der Waals surface area contributed by atoms with Gasteiger partial charge in [-0.15, -0.1) is 12.4 Å². The summed E-state index contributed by atoms with van der Waals surface area (Å²) in [5.74, 6) is 2.02. The van der Waals surface area contributed by atoms with E-state index < -0.39 is 30.5 Å². The fourth-order valence-corrected chi connectivity index (χ4v) is 10.6. The quantitative estimate of drug-likeness (QED) is 0.263. The molecular weight excluding hydrogens is 495 g/mol. The van der Waals surface area contributed by atoms with Crippen LogP contribution >= 0.6 is 19.6 Å². The van der Waals surface area contributed by atoms with E-state index in [9.17, 15) is 0 Å². The van der Waals surface area contributed by atoms with Crippen LogP contribution in [0.25, 0.3) is 0 Å². The first-order valence-electron chi connectivity index (χ1n) is 10.3. The number of para-hydroxylation sites is 2. The molecule has 0 amide bonds. The Morgan fingerprint density at radius 2 is 0.968 bits per heavy atom. The molecule has 0 aliphatic rings. The zero-order valence-electron chi connectivity index (χ0n) is 19.1. The molecule has 0 radical (unpaired) electrons. The van der Waals surface area contributed by atoms with Gasteiger partial charge in [0.15, 0.2) is 0 Å². The molecule has 0 heterocycles. The van der Waals surface area contributed by atoms with Crippen LogP contribution in [0, 0.1) is 0 Å². The van der Waals surface area contributed by atoms with Gasteiger partial charge in [-0.3, -0.25) is 0 Å². The first-order chi connectivity index (χ1) is 14.1. The Labute approximate surface area is 202 Å². The van der Waals surface area contributed by atoms with Gasteiger partial charge in [0, 0.05) is 0 Å². The minimum absolute atomic E-state index is 0. The Morgan fingerprint density at radius 3 is 1.39 bits per heavy atom. The van der Waals surface area contributed by atoms with Crippen LogP contribution in [-0.2, 0) is 14.4 Å². The van der Waals surface area contributed by atoms with Crippen molar-refractivity contribution in [1.82, 2.24) is 0 Å². The smallest absolute Gasteiger partial charge is 0.147 e. The molecule has 0 aliphatic carbocycles. The molecule has 0 saturated carbocycles. The molecule has 7 heteroatoms. The van der Waals surface area contributed by atoms with Crippen molar-refractivity contribution in [2.45, 2.75) is 39.3 Å². The summed E-state index contributed by atoms with van der Waals surface area (Å²) < 4.78 is 13.4. The average molecular weight is 528 g/mol. The number of halogens is 1. The van der Waals surface area contributed by atoms with Crippen molar-refractivity contribution in [1.29, 1.82) is 0 Å². The van der Waals surface area contributed by atoms with Crippen LogP contribution in [0.3, 0.4) is 0 Å². The minimum Gasteiger partial charge on any atom is -0.147 e. The molecule has 0 bridgehead atoms. The molecular formula is C24H33ClCrO2PSi2. The maximum Gasteiger partial charge on any atom is -0.147 e. The van der Waals surface area contributed by atoms with Gasteiger partial charge >= 0.3 is 191 Å². The third kappa shape index (κ3) is 7.50. The Kier molecular flexibility index (Phi) is 9.46. The van der Waals surface area contributed by atoms with Gasteiger partial charge < -0.3 is 0 Å². The van der Waals surface area contributed by atoms with Crippen LogP contribution in [0.4, 0.5) is 0 Å². The van der Waals surface area contributed by atoms with E-state index in [-0.39, 0.29) is 12.4 Å². The SMILES string of the molecule is C[Si](C)(C)c1ccccc1[O][Cr]([O]c1ccccc1[Si](C)(C)C)[PH]c1ccccc1.Cl. The van der Waals surface area contributed by atoms with Gasteiger partial charge in [-0.2, -0.15) is 0 Å². The molecule has 0 aromatic heterocycles. The molecule has 1 unspecified atom stereocenters. The summed E-state index contributed by atoms with van der Waals surface area (Å²) >= 11 is -1.87. The zero-order chi connectivity index (χ0) is 21.8. The van der Waals surface area contributed by atoms with E-state index >= 15 is 0 Å². The summed E-state index contributed by atoms with van der Waals surface area (Å²) in [5, 5.41) is 4.01. The van der Waals surface area contributed by atoms with Gasteiger partial charge in [-0.1, -0.05) is 0 Å². The van der Waals surface area contributed by atoms with Gasteiger partial charge in [0.25, 0.3) is 0 Å². The van der Waals surface area contributed by atoms with Crippen molar-refractivity contribution in [3.05, 3.63) is 78.9 Å². The molecule has 3 aromatic rings. The first kappa shape index (κ1) is 26.2. The summed E-state index contributed by atoms with van der Waals surface area (Å²) in [6.45, 7) is 14.2. The molecule has 31 heavy (non-hydrogen) atoms. The first-order valence-corrected chi connectivity index (χ1v) is 21.1. The molecule has 0 fully saturated rings. The third-order valence-corrected chi connectivity index (χ3v) is 13.1. The number of hydrogen-bond donors (Lipinski definition) is 0. The topological polar surface area (TPSA) is 18.5 Å². The van der Waals surface area contributed by atoms with Crippen LogP contribution in [0.1, 0.15) is 0 Å². The van der Waals surface area contributed by atoms with Crippen molar-refractivity contribution in [3.63, 3.8) is 0 Å². The molecule has 0 saturated heterocycles. The number of hydrogen-bond acceptors (Lipinski definition) is 2. The Bertz CT molecular complexity index is 916. The largest absolute Gasteiger partial charge is 0.147 e. The fourth-order valence-electron chi connectivity index (χ4n) is 3.14. The van der Waals surface area contributed by atoms with Gasteiger partial charge in [-0.05, 0) is 0 Å². The van der Waals surface area contributed by atoms with E-state index in [1.807, 2.05) is 0 Å². The van der Waals surface area contributed by atoms with E-state index in [0.717, 1.165) is 11.5 Å². The molecule has 167 valence electrons. The Balaban J connectivity index is 0.00000341. The van der Waals surface area contributed by atoms with Crippen molar-refractivity contribution in [3.8, 4) is 11.5 Å². The normalized spacial score (nSPS) is 12.1. The number of rotatable bonds is 8. The zero-order valence-corrected chi connectivity index (χ0v) is 24.2. The van der Waals surface area contributed by atoms with Crippen LogP contribution in [0.15, 0.2) is 78.9 Å². The van der Waals surface area contributed by atoms with Crippen LogP contribution in [-0.4, -0.2) is 16.1 Å². The third-order valence-electron chi connectivity index (χ3n) is 4.70. The van der Waals surface area contributed by atoms with E-state index in [2.05, 4.69) is 118 Å². The van der Waals surface area contributed by atoms with E-state index in [1.54, 1.807) is 0 Å². The predicted octanol–water partition coefficient (Wildman–Crippen LogP) is 6.02. The van der Waals surface area contributed by atoms with Crippen LogP contribution in [0.2, 0.25) is 39.3 Å². The molecule has 0 N–H and O–H groups in total. The van der Waals surface area contributed by atoms with E-state index in [1.165, 1.54) is 15.7 Å². The summed E-state index contributed by atoms with van der Waals surface area (Å²) in [6.07, 6.45) is 0. The van der Waals surface area contributed by atoms with Crippen molar-refractivity contribution in [2.24, 2.45) is 0 Å². The second-order valence-corrected chi connectivity index (χ2v) is 23.8. The average Bonchev–Trinajstić information content (AvgIpc) is 2.68. The van der Waals surface area contributed by atoms with E-state index in [0.29, 0.717) is 7.23 Å². The minimum atomic E-state index is -1.87. The molecule has 2 nitrogen and oxygen atoms in total. The Hall–Kier alpha value is -1.05. The summed E-state index contributed by atoms with van der Waals surface area (Å²) in [7, 11) is -2.52. The van der Waals surface area contributed by atoms with Crippen LogP contribution in [0.5, 0.6) is 11.5 Å². The molecule has 3 aromatic carbocycles. The van der Waals surface area contributed by atoms with Crippen molar-refractivity contribution < 1.29 is 21.9 Å². The molecule has 1 atom stereocenters. The van der Waals surface area contributed by atoms with Crippen molar-refractivity contribution >= 4 is 51.5 Å². The monoisotopic (exact) mass is 527 g/mol. The molecule has 3 rings (SSSR count). The standard InChI is InChI=1S/2C9H14OSi.C6H6P.ClH.Cr/c2*1-11(2,3)9-7-5-4-6-8(9)10;7-6-4-2-1-3-5-6;;/h2*4-7,10H,1-3H3;1-5,7H;1H;/q;;-1;;+3/p-2. The van der Waals surface area contributed by atoms with Gasteiger partial charge in [0.1, 0.15) is 0 Å². The van der Waals surface area contributed by atoms with Crippen LogP contribution < -0.4 is 23.3 Å². The maximum atomic E-state index is 6.71. The second kappa shape index (κ2) is 11.2. The second-order valence-electron chi connectivity index (χ2n) is 9.36. The van der Waals surface area contributed by atoms with Gasteiger partial charge in [-0.25, -0.2) is 0 Å². The molecule has 0 spiro atoms. The maximum absolute atomic E-state index is 6.71. The Morgan fingerprint density at radius 1 is 0.581 bits per heavy atom. The van der Waals surface area contributed by atoms with Gasteiger partial charge in [0.05, 0.1) is 0 Å². The van der Waals surface area contributed by atoms with E-state index in [4.69, 9.17) is 7.58 Å². The predicted molar refractivity (Wildman–Crippen MR) is 142 cm³/mol. The number of benzene rings is 3. The fraction of sp³-hybridized carbons (Fsp3) is 0.250. The summed E-state index contributed by atoms with van der Waals surface area (Å²) in [6, 6.07) is 27.7. The van der Waals surface area contributed by atoms with Gasteiger partial charge in [0.2, 0.25) is 0 Å². The molecule has 0 aliphatic heterocycles. The van der Waals surface area contributed by atoms with Crippen molar-refractivity contribution in [2.75, 3.05) is 0 Å². The summed E-state index contributed by atoms with van der Waals surface area (Å²) in [5.41, 5.74) is 0.